The lowest BCUT2D eigenvalue weighted by Gasteiger charge is -2.37. The Morgan fingerprint density at radius 1 is 0.367 bits per heavy atom. The smallest absolute Gasteiger partial charge is 0.246 e. The molecule has 0 bridgehead atoms. The van der Waals surface area contributed by atoms with Crippen LogP contribution in [0.25, 0.3) is 0 Å². The molecule has 0 radical (unpaired) electrons. The molecule has 0 saturated carbocycles. The summed E-state index contributed by atoms with van der Waals surface area (Å²) in [4.78, 5) is 14.8. The molecule has 0 N–H and O–H groups in total. The van der Waals surface area contributed by atoms with Crippen LogP contribution in [0.1, 0.15) is 62.3 Å². The SMILES string of the molecule is CCN(CC)N(CC)c1nc(N(CC)N(CC)CC)nc(N(CC)N(CC)CC)n1. The van der Waals surface area contributed by atoms with Crippen LogP contribution in [0.3, 0.4) is 0 Å². The number of hydrogen-bond acceptors (Lipinski definition) is 9. The van der Waals surface area contributed by atoms with Crippen molar-refractivity contribution >= 4 is 17.8 Å². The first-order valence-corrected chi connectivity index (χ1v) is 11.8. The van der Waals surface area contributed by atoms with Crippen molar-refractivity contribution in [2.45, 2.75) is 62.3 Å². The maximum absolute atomic E-state index is 4.94. The van der Waals surface area contributed by atoms with Gasteiger partial charge in [0.1, 0.15) is 0 Å². The number of aromatic nitrogens is 3. The molecule has 0 aliphatic heterocycles. The minimum atomic E-state index is 0.706. The van der Waals surface area contributed by atoms with Gasteiger partial charge in [-0.25, -0.2) is 15.0 Å². The van der Waals surface area contributed by atoms with Gasteiger partial charge in [0.15, 0.2) is 0 Å². The molecule has 0 fully saturated rings. The highest BCUT2D eigenvalue weighted by Gasteiger charge is 2.24. The third kappa shape index (κ3) is 6.15. The highest BCUT2D eigenvalue weighted by Crippen LogP contribution is 2.22. The molecule has 0 saturated heterocycles. The Morgan fingerprint density at radius 2 is 0.567 bits per heavy atom. The van der Waals surface area contributed by atoms with Crippen LogP contribution >= 0.6 is 0 Å². The van der Waals surface area contributed by atoms with Gasteiger partial charge in [-0.2, -0.15) is 15.0 Å². The third-order valence-corrected chi connectivity index (χ3v) is 5.41. The second-order valence-electron chi connectivity index (χ2n) is 6.80. The van der Waals surface area contributed by atoms with Crippen molar-refractivity contribution < 1.29 is 0 Å². The molecule has 174 valence electrons. The van der Waals surface area contributed by atoms with Crippen molar-refractivity contribution in [3.63, 3.8) is 0 Å². The summed E-state index contributed by atoms with van der Waals surface area (Å²) < 4.78 is 0. The summed E-state index contributed by atoms with van der Waals surface area (Å²) in [7, 11) is 0. The zero-order valence-corrected chi connectivity index (χ0v) is 20.9. The van der Waals surface area contributed by atoms with Crippen LogP contribution in [0.4, 0.5) is 17.8 Å². The number of rotatable bonds is 15. The fourth-order valence-electron chi connectivity index (χ4n) is 3.79. The molecule has 0 unspecified atom stereocenters. The standard InChI is InChI=1S/C21H45N9/c1-10-25(11-2)28(16-7)19-22-20(29(17-8)26(12-3)13-4)24-21(23-19)30(18-9)27(14-5)15-6/h10-18H2,1-9H3. The van der Waals surface area contributed by atoms with E-state index in [1.807, 2.05) is 0 Å². The summed E-state index contributed by atoms with van der Waals surface area (Å²) in [5.74, 6) is 2.12. The Morgan fingerprint density at radius 3 is 0.700 bits per heavy atom. The molecule has 30 heavy (non-hydrogen) atoms. The summed E-state index contributed by atoms with van der Waals surface area (Å²) in [6.07, 6.45) is 0. The Bertz CT molecular complexity index is 493. The predicted molar refractivity (Wildman–Crippen MR) is 128 cm³/mol. The average Bonchev–Trinajstić information content (AvgIpc) is 2.78. The maximum Gasteiger partial charge on any atom is 0.246 e. The zero-order valence-electron chi connectivity index (χ0n) is 20.9. The average molecular weight is 424 g/mol. The summed E-state index contributed by atoms with van der Waals surface area (Å²) in [6.45, 7) is 27.3. The first-order valence-electron chi connectivity index (χ1n) is 11.8. The monoisotopic (exact) mass is 423 g/mol. The second-order valence-corrected chi connectivity index (χ2v) is 6.80. The van der Waals surface area contributed by atoms with Crippen LogP contribution in [0.5, 0.6) is 0 Å². The van der Waals surface area contributed by atoms with Crippen LogP contribution in [0.2, 0.25) is 0 Å². The van der Waals surface area contributed by atoms with Crippen LogP contribution in [0.15, 0.2) is 0 Å². The molecule has 1 aromatic heterocycles. The van der Waals surface area contributed by atoms with Gasteiger partial charge < -0.3 is 0 Å². The predicted octanol–water partition coefficient (Wildman–Crippen LogP) is 3.12. The van der Waals surface area contributed by atoms with Crippen molar-refractivity contribution in [3.8, 4) is 0 Å². The van der Waals surface area contributed by atoms with Crippen LogP contribution < -0.4 is 15.0 Å². The van der Waals surface area contributed by atoms with Gasteiger partial charge in [-0.3, -0.25) is 15.0 Å². The van der Waals surface area contributed by atoms with Gasteiger partial charge in [0, 0.05) is 58.9 Å². The van der Waals surface area contributed by atoms with E-state index in [0.717, 1.165) is 58.9 Å². The Balaban J connectivity index is 3.64. The largest absolute Gasteiger partial charge is 0.274 e. The number of hydrazine groups is 3. The summed E-state index contributed by atoms with van der Waals surface area (Å²) >= 11 is 0. The fourth-order valence-corrected chi connectivity index (χ4v) is 3.79. The lowest BCUT2D eigenvalue weighted by Crippen LogP contribution is -2.47. The molecule has 1 heterocycles. The van der Waals surface area contributed by atoms with E-state index in [-0.39, 0.29) is 0 Å². The van der Waals surface area contributed by atoms with Gasteiger partial charge in [0.2, 0.25) is 17.8 Å². The van der Waals surface area contributed by atoms with Gasteiger partial charge >= 0.3 is 0 Å². The number of anilines is 3. The third-order valence-electron chi connectivity index (χ3n) is 5.41. The summed E-state index contributed by atoms with van der Waals surface area (Å²) in [6, 6.07) is 0. The van der Waals surface area contributed by atoms with E-state index < -0.39 is 0 Å². The van der Waals surface area contributed by atoms with E-state index in [1.54, 1.807) is 0 Å². The zero-order chi connectivity index (χ0) is 22.7. The van der Waals surface area contributed by atoms with Crippen LogP contribution in [-0.2, 0) is 0 Å². The second kappa shape index (κ2) is 13.6. The minimum Gasteiger partial charge on any atom is -0.274 e. The molecular formula is C21H45N9. The Kier molecular flexibility index (Phi) is 11.9. The van der Waals surface area contributed by atoms with Gasteiger partial charge in [0.25, 0.3) is 0 Å². The van der Waals surface area contributed by atoms with Crippen molar-refractivity contribution in [3.05, 3.63) is 0 Å². The topological polar surface area (TPSA) is 58.1 Å². The van der Waals surface area contributed by atoms with Crippen molar-refractivity contribution in [1.82, 2.24) is 30.0 Å². The van der Waals surface area contributed by atoms with Crippen molar-refractivity contribution in [2.24, 2.45) is 0 Å². The first-order chi connectivity index (χ1) is 14.5. The molecular weight excluding hydrogens is 378 g/mol. The van der Waals surface area contributed by atoms with Gasteiger partial charge in [0.05, 0.1) is 0 Å². The number of hydrogen-bond donors (Lipinski definition) is 0. The quantitative estimate of drug-likeness (QED) is 0.396. The maximum atomic E-state index is 4.94. The lowest BCUT2D eigenvalue weighted by atomic mass is 10.5. The van der Waals surface area contributed by atoms with Crippen molar-refractivity contribution in [1.29, 1.82) is 0 Å². The Hall–Kier alpha value is -1.71. The first kappa shape index (κ1) is 26.3. The normalized spacial score (nSPS) is 11.6. The molecule has 1 aromatic rings. The highest BCUT2D eigenvalue weighted by atomic mass is 15.7. The van der Waals surface area contributed by atoms with Crippen LogP contribution in [-0.4, -0.2) is 88.9 Å². The Labute approximate surface area is 184 Å². The molecule has 0 amide bonds. The van der Waals surface area contributed by atoms with E-state index in [0.29, 0.717) is 17.8 Å². The van der Waals surface area contributed by atoms with E-state index in [1.165, 1.54) is 0 Å². The minimum absolute atomic E-state index is 0.706. The molecule has 0 aromatic carbocycles. The summed E-state index contributed by atoms with van der Waals surface area (Å²) in [5.41, 5.74) is 0. The van der Waals surface area contributed by atoms with E-state index in [9.17, 15) is 0 Å². The lowest BCUT2D eigenvalue weighted by molar-refractivity contribution is 0.261. The number of nitrogens with zero attached hydrogens (tertiary/aromatic N) is 9. The van der Waals surface area contributed by atoms with Crippen LogP contribution in [0, 0.1) is 0 Å². The molecule has 0 atom stereocenters. The van der Waals surface area contributed by atoms with Gasteiger partial charge in [-0.15, -0.1) is 0 Å². The van der Waals surface area contributed by atoms with E-state index in [2.05, 4.69) is 92.4 Å². The molecule has 9 heteroatoms. The molecule has 0 aliphatic rings. The van der Waals surface area contributed by atoms with Gasteiger partial charge in [-0.1, -0.05) is 41.5 Å². The van der Waals surface area contributed by atoms with Crippen molar-refractivity contribution in [2.75, 3.05) is 73.9 Å². The van der Waals surface area contributed by atoms with E-state index >= 15 is 0 Å². The van der Waals surface area contributed by atoms with E-state index in [4.69, 9.17) is 15.0 Å². The summed E-state index contributed by atoms with van der Waals surface area (Å²) in [5, 5.41) is 13.3. The molecule has 0 aliphatic carbocycles. The molecule has 1 rings (SSSR count). The highest BCUT2D eigenvalue weighted by molar-refractivity contribution is 5.45. The molecule has 9 nitrogen and oxygen atoms in total. The fraction of sp³-hybridized carbons (Fsp3) is 0.857. The van der Waals surface area contributed by atoms with Gasteiger partial charge in [-0.05, 0) is 20.8 Å². The molecule has 0 spiro atoms.